The van der Waals surface area contributed by atoms with Gasteiger partial charge in [0.05, 0.1) is 0 Å². The Kier molecular flexibility index (Phi) is 3.98. The van der Waals surface area contributed by atoms with Gasteiger partial charge in [0.1, 0.15) is 5.78 Å². The van der Waals surface area contributed by atoms with Crippen LogP contribution in [0.1, 0.15) is 38.2 Å². The van der Waals surface area contributed by atoms with Crippen molar-refractivity contribution < 1.29 is 4.79 Å². The van der Waals surface area contributed by atoms with Crippen molar-refractivity contribution in [1.82, 2.24) is 9.88 Å². The Balaban J connectivity index is 1.51. The summed E-state index contributed by atoms with van der Waals surface area (Å²) in [6, 6.07) is 9.01. The number of hydrogen-bond acceptors (Lipinski definition) is 2. The number of carbonyl (C=O) groups excluding carboxylic acids is 1. The molecule has 0 radical (unpaired) electrons. The third-order valence-electron chi connectivity index (χ3n) is 5.96. The minimum Gasteiger partial charge on any atom is -0.361 e. The van der Waals surface area contributed by atoms with E-state index < -0.39 is 0 Å². The summed E-state index contributed by atoms with van der Waals surface area (Å²) in [4.78, 5) is 18.1. The molecule has 5 rings (SSSR count). The van der Waals surface area contributed by atoms with E-state index in [9.17, 15) is 4.79 Å². The number of hydrogen-bond donors (Lipinski definition) is 1. The summed E-state index contributed by atoms with van der Waals surface area (Å²) >= 11 is 0. The summed E-state index contributed by atoms with van der Waals surface area (Å²) in [5.74, 6) is 1.79. The van der Waals surface area contributed by atoms with Crippen molar-refractivity contribution in [2.45, 2.75) is 45.1 Å². The molecule has 2 aliphatic heterocycles. The molecule has 0 amide bonds. The van der Waals surface area contributed by atoms with E-state index in [1.165, 1.54) is 29.3 Å². The van der Waals surface area contributed by atoms with Crippen LogP contribution < -0.4 is 0 Å². The lowest BCUT2D eigenvalue weighted by molar-refractivity contribution is -0.119. The molecule has 1 aromatic carbocycles. The average molecular weight is 310 g/mol. The number of benzene rings is 1. The molecule has 2 aromatic rings. The standard InChI is InChI=1S/C20H26N2O/c1-2-15-9-14-10-17(23)11-20(15)22(13-14)8-7-16-12-21-19-6-4-3-5-18(16)19/h3-6,12,14-15,20-21H,2,7-11,13H2,1H3. The Morgan fingerprint density at radius 2 is 2.13 bits per heavy atom. The van der Waals surface area contributed by atoms with Crippen molar-refractivity contribution >= 4 is 16.7 Å². The summed E-state index contributed by atoms with van der Waals surface area (Å²) in [6.45, 7) is 4.48. The van der Waals surface area contributed by atoms with Crippen molar-refractivity contribution in [3.05, 3.63) is 36.0 Å². The number of aromatic nitrogens is 1. The first-order valence-corrected chi connectivity index (χ1v) is 9.05. The molecule has 3 atom stereocenters. The Labute approximate surface area is 138 Å². The maximum absolute atomic E-state index is 12.1. The molecule has 1 N–H and O–H groups in total. The van der Waals surface area contributed by atoms with Crippen LogP contribution in [0.3, 0.4) is 0 Å². The summed E-state index contributed by atoms with van der Waals surface area (Å²) in [5.41, 5.74) is 2.63. The monoisotopic (exact) mass is 310 g/mol. The van der Waals surface area contributed by atoms with Gasteiger partial charge in [-0.25, -0.2) is 0 Å². The number of aromatic amines is 1. The van der Waals surface area contributed by atoms with Crippen LogP contribution in [0.25, 0.3) is 10.9 Å². The van der Waals surface area contributed by atoms with E-state index in [0.717, 1.165) is 32.4 Å². The van der Waals surface area contributed by atoms with E-state index >= 15 is 0 Å². The van der Waals surface area contributed by atoms with Crippen molar-refractivity contribution in [3.63, 3.8) is 0 Å². The lowest BCUT2D eigenvalue weighted by atomic mass is 9.83. The van der Waals surface area contributed by atoms with E-state index in [0.29, 0.717) is 23.7 Å². The fraction of sp³-hybridized carbons (Fsp3) is 0.550. The number of piperidine rings is 1. The number of nitrogens with one attached hydrogen (secondary N) is 1. The molecular weight excluding hydrogens is 284 g/mol. The molecule has 3 heterocycles. The van der Waals surface area contributed by atoms with Gasteiger partial charge in [-0.3, -0.25) is 9.69 Å². The highest BCUT2D eigenvalue weighted by Crippen LogP contribution is 2.37. The van der Waals surface area contributed by atoms with E-state index in [4.69, 9.17) is 0 Å². The smallest absolute Gasteiger partial charge is 0.134 e. The van der Waals surface area contributed by atoms with Gasteiger partial charge in [-0.05, 0) is 36.3 Å². The van der Waals surface area contributed by atoms with Gasteiger partial charge in [0, 0.05) is 49.1 Å². The quantitative estimate of drug-likeness (QED) is 0.932. The molecule has 0 spiro atoms. The Bertz CT molecular complexity index is 704. The second-order valence-corrected chi connectivity index (χ2v) is 7.39. The van der Waals surface area contributed by atoms with Gasteiger partial charge in [0.15, 0.2) is 0 Å². The molecule has 3 heteroatoms. The largest absolute Gasteiger partial charge is 0.361 e. The molecule has 1 saturated carbocycles. The highest BCUT2D eigenvalue weighted by molar-refractivity contribution is 5.83. The lowest BCUT2D eigenvalue weighted by Gasteiger charge is -2.41. The first kappa shape index (κ1) is 14.9. The van der Waals surface area contributed by atoms with E-state index in [-0.39, 0.29) is 0 Å². The van der Waals surface area contributed by atoms with Gasteiger partial charge in [0.25, 0.3) is 0 Å². The van der Waals surface area contributed by atoms with Gasteiger partial charge in [-0.1, -0.05) is 31.5 Å². The SMILES string of the molecule is CCC1CC2CC(=O)CC1N(CCc1c[nH]c3ccccc13)C2. The van der Waals surface area contributed by atoms with E-state index in [1.807, 2.05) is 0 Å². The second kappa shape index (κ2) is 6.12. The second-order valence-electron chi connectivity index (χ2n) is 7.39. The Morgan fingerprint density at radius 1 is 1.26 bits per heavy atom. The zero-order valence-corrected chi connectivity index (χ0v) is 13.9. The van der Waals surface area contributed by atoms with E-state index in [1.54, 1.807) is 0 Å². The predicted molar refractivity (Wildman–Crippen MR) is 93.5 cm³/mol. The maximum atomic E-state index is 12.1. The van der Waals surface area contributed by atoms with Gasteiger partial charge < -0.3 is 4.98 Å². The highest BCUT2D eigenvalue weighted by atomic mass is 16.1. The van der Waals surface area contributed by atoms with Crippen LogP contribution in [-0.2, 0) is 11.2 Å². The van der Waals surface area contributed by atoms with Crippen molar-refractivity contribution in [3.8, 4) is 0 Å². The molecule has 3 unspecified atom stereocenters. The third-order valence-corrected chi connectivity index (χ3v) is 5.96. The van der Waals surface area contributed by atoms with Gasteiger partial charge in [-0.2, -0.15) is 0 Å². The number of para-hydroxylation sites is 1. The molecule has 23 heavy (non-hydrogen) atoms. The zero-order chi connectivity index (χ0) is 15.8. The third kappa shape index (κ3) is 2.83. The number of carbonyl (C=O) groups is 1. The minimum atomic E-state index is 0.483. The Hall–Kier alpha value is -1.61. The number of fused-ring (bicyclic) bond motifs is 5. The highest BCUT2D eigenvalue weighted by Gasteiger charge is 2.40. The lowest BCUT2D eigenvalue weighted by Crippen LogP contribution is -2.47. The maximum Gasteiger partial charge on any atom is 0.134 e. The fourth-order valence-electron chi connectivity index (χ4n) is 4.81. The molecule has 3 aliphatic rings. The van der Waals surface area contributed by atoms with Gasteiger partial charge in [-0.15, -0.1) is 0 Å². The van der Waals surface area contributed by atoms with Crippen LogP contribution in [-0.4, -0.2) is 34.8 Å². The molecule has 2 bridgehead atoms. The summed E-state index contributed by atoms with van der Waals surface area (Å²) < 4.78 is 0. The van der Waals surface area contributed by atoms with Gasteiger partial charge >= 0.3 is 0 Å². The molecule has 1 aromatic heterocycles. The summed E-state index contributed by atoms with van der Waals surface area (Å²) in [5, 5.41) is 1.34. The molecule has 122 valence electrons. The Morgan fingerprint density at radius 3 is 3.00 bits per heavy atom. The number of nitrogens with zero attached hydrogens (tertiary/aromatic N) is 1. The van der Waals surface area contributed by atoms with E-state index in [2.05, 4.69) is 47.3 Å². The summed E-state index contributed by atoms with van der Waals surface area (Å²) in [6.07, 6.45) is 7.29. The predicted octanol–water partition coefficient (Wildman–Crippen LogP) is 3.79. The fourth-order valence-corrected chi connectivity index (χ4v) is 4.81. The molecule has 1 aliphatic carbocycles. The zero-order valence-electron chi connectivity index (χ0n) is 13.9. The number of Topliss-reactive ketones (excluding diaryl/α,β-unsaturated/α-hetero) is 1. The van der Waals surface area contributed by atoms with Crippen molar-refractivity contribution in [1.29, 1.82) is 0 Å². The molecule has 2 saturated heterocycles. The average Bonchev–Trinajstić information content (AvgIpc) is 2.82. The van der Waals surface area contributed by atoms with Crippen LogP contribution in [0, 0.1) is 11.8 Å². The number of ketones is 1. The first-order valence-electron chi connectivity index (χ1n) is 9.05. The minimum absolute atomic E-state index is 0.483. The van der Waals surface area contributed by atoms with Crippen molar-refractivity contribution in [2.75, 3.05) is 13.1 Å². The first-order chi connectivity index (χ1) is 11.2. The molecular formula is C20H26N2O. The van der Waals surface area contributed by atoms with Crippen LogP contribution in [0.15, 0.2) is 30.5 Å². The summed E-state index contributed by atoms with van der Waals surface area (Å²) in [7, 11) is 0. The van der Waals surface area contributed by atoms with Crippen LogP contribution in [0.5, 0.6) is 0 Å². The molecule has 3 fully saturated rings. The van der Waals surface area contributed by atoms with Crippen LogP contribution in [0.2, 0.25) is 0 Å². The van der Waals surface area contributed by atoms with Crippen LogP contribution in [0.4, 0.5) is 0 Å². The normalized spacial score (nSPS) is 28.4. The number of rotatable bonds is 4. The topological polar surface area (TPSA) is 36.1 Å². The van der Waals surface area contributed by atoms with Crippen molar-refractivity contribution in [2.24, 2.45) is 11.8 Å². The molecule has 3 nitrogen and oxygen atoms in total. The van der Waals surface area contributed by atoms with Crippen LogP contribution >= 0.6 is 0 Å². The van der Waals surface area contributed by atoms with Gasteiger partial charge in [0.2, 0.25) is 0 Å². The number of H-pyrrole nitrogens is 1.